The van der Waals surface area contributed by atoms with Gasteiger partial charge in [0.05, 0.1) is 18.5 Å². The number of ether oxygens (including phenoxy) is 1. The molecule has 4 nitrogen and oxygen atoms in total. The molecule has 2 N–H and O–H groups in total. The maximum Gasteiger partial charge on any atom is 0.131 e. The van der Waals surface area contributed by atoms with Crippen molar-refractivity contribution in [3.05, 3.63) is 34.2 Å². The van der Waals surface area contributed by atoms with E-state index in [4.69, 9.17) is 22.1 Å². The minimum atomic E-state index is 0.547. The minimum Gasteiger partial charge on any atom is -0.496 e. The fourth-order valence-electron chi connectivity index (χ4n) is 2.10. The van der Waals surface area contributed by atoms with Gasteiger partial charge in [-0.25, -0.2) is 9.97 Å². The van der Waals surface area contributed by atoms with Gasteiger partial charge in [-0.1, -0.05) is 11.6 Å². The van der Waals surface area contributed by atoms with Gasteiger partial charge in [-0.15, -0.1) is 0 Å². The molecule has 1 aromatic heterocycles. The Labute approximate surface area is 117 Å². The Morgan fingerprint density at radius 1 is 1.16 bits per heavy atom. The zero-order valence-corrected chi connectivity index (χ0v) is 12.2. The van der Waals surface area contributed by atoms with Crippen LogP contribution < -0.4 is 10.5 Å². The summed E-state index contributed by atoms with van der Waals surface area (Å²) >= 11 is 6.12. The van der Waals surface area contributed by atoms with Gasteiger partial charge >= 0.3 is 0 Å². The van der Waals surface area contributed by atoms with Crippen molar-refractivity contribution in [3.8, 4) is 17.0 Å². The van der Waals surface area contributed by atoms with Gasteiger partial charge in [0.1, 0.15) is 17.3 Å². The number of nitrogen functional groups attached to an aromatic ring is 1. The molecule has 2 aromatic rings. The summed E-state index contributed by atoms with van der Waals surface area (Å²) in [5, 5.41) is 0.626. The predicted molar refractivity (Wildman–Crippen MR) is 77.7 cm³/mol. The van der Waals surface area contributed by atoms with Gasteiger partial charge in [0.2, 0.25) is 0 Å². The van der Waals surface area contributed by atoms with Crippen LogP contribution in [0.1, 0.15) is 17.1 Å². The number of rotatable bonds is 2. The average molecular weight is 278 g/mol. The van der Waals surface area contributed by atoms with Crippen LogP contribution in [0.3, 0.4) is 0 Å². The molecule has 0 atom stereocenters. The Hall–Kier alpha value is -1.81. The molecule has 0 saturated heterocycles. The molecule has 0 aliphatic heterocycles. The first-order valence-corrected chi connectivity index (χ1v) is 6.27. The lowest BCUT2D eigenvalue weighted by Crippen LogP contribution is -2.03. The van der Waals surface area contributed by atoms with Crippen LogP contribution in [0.4, 0.5) is 5.69 Å². The zero-order chi connectivity index (χ0) is 14.2. The second-order valence-electron chi connectivity index (χ2n) is 4.42. The number of methoxy groups -OCH3 is 1. The number of aromatic nitrogens is 2. The number of halogens is 1. The van der Waals surface area contributed by atoms with Gasteiger partial charge in [0.25, 0.3) is 0 Å². The fraction of sp³-hybridized carbons (Fsp3) is 0.286. The Bertz CT molecular complexity index is 641. The first kappa shape index (κ1) is 13.6. The highest BCUT2D eigenvalue weighted by Gasteiger charge is 2.16. The Morgan fingerprint density at radius 3 is 2.47 bits per heavy atom. The first-order chi connectivity index (χ1) is 8.93. The van der Waals surface area contributed by atoms with E-state index in [0.717, 1.165) is 22.6 Å². The van der Waals surface area contributed by atoms with Crippen molar-refractivity contribution in [2.45, 2.75) is 20.8 Å². The van der Waals surface area contributed by atoms with Crippen molar-refractivity contribution in [1.82, 2.24) is 9.97 Å². The molecule has 0 unspecified atom stereocenters. The molecule has 100 valence electrons. The van der Waals surface area contributed by atoms with Crippen molar-refractivity contribution in [2.24, 2.45) is 0 Å². The van der Waals surface area contributed by atoms with E-state index < -0.39 is 0 Å². The van der Waals surface area contributed by atoms with E-state index in [-0.39, 0.29) is 0 Å². The van der Waals surface area contributed by atoms with Crippen LogP contribution in [0.15, 0.2) is 12.1 Å². The van der Waals surface area contributed by atoms with Crippen LogP contribution in [0.25, 0.3) is 11.3 Å². The highest BCUT2D eigenvalue weighted by molar-refractivity contribution is 6.31. The molecule has 1 aromatic carbocycles. The standard InChI is InChI=1S/C14H16ClN3O/c1-7-5-10(15)6-11(14(7)19-4)13-12(16)8(2)17-9(3)18-13/h5-6H,16H2,1-4H3. The molecule has 0 bridgehead atoms. The summed E-state index contributed by atoms with van der Waals surface area (Å²) in [7, 11) is 1.62. The third-order valence-corrected chi connectivity index (χ3v) is 3.16. The van der Waals surface area contributed by atoms with Crippen molar-refractivity contribution in [1.29, 1.82) is 0 Å². The quantitative estimate of drug-likeness (QED) is 0.915. The molecule has 0 fully saturated rings. The van der Waals surface area contributed by atoms with Gasteiger partial charge in [-0.2, -0.15) is 0 Å². The summed E-state index contributed by atoms with van der Waals surface area (Å²) in [6.07, 6.45) is 0. The maximum absolute atomic E-state index is 6.12. The number of anilines is 1. The molecule has 1 heterocycles. The number of aryl methyl sites for hydroxylation is 3. The molecule has 5 heteroatoms. The molecule has 0 aliphatic carbocycles. The number of hydrogen-bond donors (Lipinski definition) is 1. The second kappa shape index (κ2) is 5.05. The topological polar surface area (TPSA) is 61.0 Å². The summed E-state index contributed by atoms with van der Waals surface area (Å²) < 4.78 is 5.45. The van der Waals surface area contributed by atoms with Gasteiger partial charge in [-0.05, 0) is 38.5 Å². The molecule has 0 radical (unpaired) electrons. The summed E-state index contributed by atoms with van der Waals surface area (Å²) in [6, 6.07) is 3.66. The molecule has 0 amide bonds. The molecular weight excluding hydrogens is 262 g/mol. The van der Waals surface area contributed by atoms with Crippen LogP contribution in [0, 0.1) is 20.8 Å². The van der Waals surface area contributed by atoms with Crippen molar-refractivity contribution >= 4 is 17.3 Å². The molecule has 0 aliphatic rings. The summed E-state index contributed by atoms with van der Waals surface area (Å²) in [5.41, 5.74) is 9.78. The SMILES string of the molecule is COc1c(C)cc(Cl)cc1-c1nc(C)nc(C)c1N. The van der Waals surface area contributed by atoms with Crippen molar-refractivity contribution < 1.29 is 4.74 Å². The van der Waals surface area contributed by atoms with E-state index in [1.54, 1.807) is 7.11 Å². The highest BCUT2D eigenvalue weighted by atomic mass is 35.5. The molecule has 19 heavy (non-hydrogen) atoms. The van der Waals surface area contributed by atoms with E-state index in [0.29, 0.717) is 22.2 Å². The normalized spacial score (nSPS) is 10.6. The minimum absolute atomic E-state index is 0.547. The molecule has 0 spiro atoms. The van der Waals surface area contributed by atoms with Gasteiger partial charge in [-0.3, -0.25) is 0 Å². The van der Waals surface area contributed by atoms with Crippen molar-refractivity contribution in [2.75, 3.05) is 12.8 Å². The summed E-state index contributed by atoms with van der Waals surface area (Å²) in [5.74, 6) is 1.40. The Morgan fingerprint density at radius 2 is 1.84 bits per heavy atom. The predicted octanol–water partition coefficient (Wildman–Crippen LogP) is 3.31. The smallest absolute Gasteiger partial charge is 0.131 e. The Balaban J connectivity index is 2.78. The largest absolute Gasteiger partial charge is 0.496 e. The lowest BCUT2D eigenvalue weighted by molar-refractivity contribution is 0.413. The third-order valence-electron chi connectivity index (χ3n) is 2.95. The Kier molecular flexibility index (Phi) is 3.62. The van der Waals surface area contributed by atoms with Crippen LogP contribution in [-0.4, -0.2) is 17.1 Å². The summed E-state index contributed by atoms with van der Waals surface area (Å²) in [4.78, 5) is 8.67. The van der Waals surface area contributed by atoms with E-state index in [2.05, 4.69) is 9.97 Å². The fourth-order valence-corrected chi connectivity index (χ4v) is 2.38. The van der Waals surface area contributed by atoms with Gasteiger partial charge in [0, 0.05) is 10.6 Å². The third kappa shape index (κ3) is 2.49. The average Bonchev–Trinajstić information content (AvgIpc) is 2.33. The van der Waals surface area contributed by atoms with E-state index in [1.807, 2.05) is 32.9 Å². The molecule has 0 saturated carbocycles. The van der Waals surface area contributed by atoms with Crippen molar-refractivity contribution in [3.63, 3.8) is 0 Å². The van der Waals surface area contributed by atoms with Gasteiger partial charge < -0.3 is 10.5 Å². The van der Waals surface area contributed by atoms with E-state index >= 15 is 0 Å². The highest BCUT2D eigenvalue weighted by Crippen LogP contribution is 2.37. The summed E-state index contributed by atoms with van der Waals surface area (Å²) in [6.45, 7) is 5.63. The van der Waals surface area contributed by atoms with E-state index in [9.17, 15) is 0 Å². The monoisotopic (exact) mass is 277 g/mol. The molecule has 2 rings (SSSR count). The lowest BCUT2D eigenvalue weighted by Gasteiger charge is -2.14. The van der Waals surface area contributed by atoms with Crippen LogP contribution in [0.2, 0.25) is 5.02 Å². The maximum atomic E-state index is 6.12. The van der Waals surface area contributed by atoms with Crippen LogP contribution in [-0.2, 0) is 0 Å². The van der Waals surface area contributed by atoms with Crippen LogP contribution >= 0.6 is 11.6 Å². The number of benzene rings is 1. The first-order valence-electron chi connectivity index (χ1n) is 5.89. The lowest BCUT2D eigenvalue weighted by atomic mass is 10.0. The van der Waals surface area contributed by atoms with E-state index in [1.165, 1.54) is 0 Å². The van der Waals surface area contributed by atoms with Crippen LogP contribution in [0.5, 0.6) is 5.75 Å². The second-order valence-corrected chi connectivity index (χ2v) is 4.86. The number of nitrogens with zero attached hydrogens (tertiary/aromatic N) is 2. The number of hydrogen-bond acceptors (Lipinski definition) is 4. The molecular formula is C14H16ClN3O. The van der Waals surface area contributed by atoms with Gasteiger partial charge in [0.15, 0.2) is 0 Å². The number of nitrogens with two attached hydrogens (primary N) is 1. The zero-order valence-electron chi connectivity index (χ0n) is 11.4.